The minimum atomic E-state index is 0.0625. The summed E-state index contributed by atoms with van der Waals surface area (Å²) in [5.41, 5.74) is 3.61. The normalized spacial score (nSPS) is 12.3. The zero-order chi connectivity index (χ0) is 14.4. The van der Waals surface area contributed by atoms with Gasteiger partial charge in [0, 0.05) is 17.6 Å². The average molecular weight is 290 g/mol. The third kappa shape index (κ3) is 4.34. The van der Waals surface area contributed by atoms with Gasteiger partial charge in [-0.25, -0.2) is 0 Å². The summed E-state index contributed by atoms with van der Waals surface area (Å²) in [6, 6.07) is 16.2. The van der Waals surface area contributed by atoms with Crippen LogP contribution in [0.2, 0.25) is 5.02 Å². The maximum absolute atomic E-state index is 9.50. The third-order valence-corrected chi connectivity index (χ3v) is 3.67. The SMILES string of the molecule is Cc1cc(Cl)ccc1CN[C@H](CO)Cc1ccccc1. The van der Waals surface area contributed by atoms with Crippen LogP contribution < -0.4 is 5.32 Å². The molecule has 2 nitrogen and oxygen atoms in total. The molecule has 20 heavy (non-hydrogen) atoms. The highest BCUT2D eigenvalue weighted by Gasteiger charge is 2.08. The highest BCUT2D eigenvalue weighted by Crippen LogP contribution is 2.15. The van der Waals surface area contributed by atoms with Crippen LogP contribution in [0.25, 0.3) is 0 Å². The summed E-state index contributed by atoms with van der Waals surface area (Å²) in [4.78, 5) is 0. The molecule has 0 radical (unpaired) electrons. The van der Waals surface area contributed by atoms with Crippen molar-refractivity contribution < 1.29 is 5.11 Å². The lowest BCUT2D eigenvalue weighted by atomic mass is 10.1. The van der Waals surface area contributed by atoms with Crippen LogP contribution >= 0.6 is 11.6 Å². The standard InChI is InChI=1S/C17H20ClNO/c1-13-9-16(18)8-7-15(13)11-19-17(12-20)10-14-5-3-2-4-6-14/h2-9,17,19-20H,10-12H2,1H3/t17-/m0/s1. The van der Waals surface area contributed by atoms with Gasteiger partial charge in [0.25, 0.3) is 0 Å². The molecule has 0 saturated carbocycles. The van der Waals surface area contributed by atoms with Crippen molar-refractivity contribution in [2.24, 2.45) is 0 Å². The summed E-state index contributed by atoms with van der Waals surface area (Å²) in [6.45, 7) is 2.91. The van der Waals surface area contributed by atoms with Gasteiger partial charge in [-0.3, -0.25) is 0 Å². The molecule has 1 atom stereocenters. The Kier molecular flexibility index (Phi) is 5.60. The van der Waals surface area contributed by atoms with Crippen molar-refractivity contribution in [2.45, 2.75) is 25.9 Å². The first-order valence-corrected chi connectivity index (χ1v) is 7.20. The number of hydrogen-bond donors (Lipinski definition) is 2. The highest BCUT2D eigenvalue weighted by atomic mass is 35.5. The number of aryl methyl sites for hydroxylation is 1. The van der Waals surface area contributed by atoms with E-state index in [1.54, 1.807) is 0 Å². The Morgan fingerprint density at radius 3 is 2.55 bits per heavy atom. The predicted octanol–water partition coefficient (Wildman–Crippen LogP) is 3.34. The van der Waals surface area contributed by atoms with Gasteiger partial charge >= 0.3 is 0 Å². The Hall–Kier alpha value is -1.35. The minimum absolute atomic E-state index is 0.0625. The predicted molar refractivity (Wildman–Crippen MR) is 84.0 cm³/mol. The zero-order valence-electron chi connectivity index (χ0n) is 11.6. The largest absolute Gasteiger partial charge is 0.395 e. The van der Waals surface area contributed by atoms with E-state index >= 15 is 0 Å². The van der Waals surface area contributed by atoms with Crippen LogP contribution in [-0.2, 0) is 13.0 Å². The quantitative estimate of drug-likeness (QED) is 0.855. The van der Waals surface area contributed by atoms with Crippen molar-refractivity contribution in [3.63, 3.8) is 0 Å². The molecule has 3 heteroatoms. The monoisotopic (exact) mass is 289 g/mol. The first-order chi connectivity index (χ1) is 9.69. The van der Waals surface area contributed by atoms with Gasteiger partial charge in [-0.2, -0.15) is 0 Å². The molecule has 0 aromatic heterocycles. The second-order valence-electron chi connectivity index (χ2n) is 5.02. The summed E-state index contributed by atoms with van der Waals surface area (Å²) in [6.07, 6.45) is 0.823. The molecule has 0 aliphatic rings. The maximum atomic E-state index is 9.50. The van der Waals surface area contributed by atoms with E-state index in [1.807, 2.05) is 43.3 Å². The van der Waals surface area contributed by atoms with Gasteiger partial charge in [0.1, 0.15) is 0 Å². The molecule has 106 valence electrons. The molecule has 0 bridgehead atoms. The fourth-order valence-electron chi connectivity index (χ4n) is 2.21. The lowest BCUT2D eigenvalue weighted by Crippen LogP contribution is -2.34. The van der Waals surface area contributed by atoms with Gasteiger partial charge in [0.15, 0.2) is 0 Å². The molecule has 0 unspecified atom stereocenters. The minimum Gasteiger partial charge on any atom is -0.395 e. The number of halogens is 1. The Labute approximate surface area is 125 Å². The van der Waals surface area contributed by atoms with Crippen LogP contribution in [0.15, 0.2) is 48.5 Å². The maximum Gasteiger partial charge on any atom is 0.0587 e. The van der Waals surface area contributed by atoms with Gasteiger partial charge in [-0.1, -0.05) is 48.0 Å². The van der Waals surface area contributed by atoms with Crippen molar-refractivity contribution in [1.29, 1.82) is 0 Å². The number of hydrogen-bond acceptors (Lipinski definition) is 2. The number of rotatable bonds is 6. The Morgan fingerprint density at radius 2 is 1.90 bits per heavy atom. The highest BCUT2D eigenvalue weighted by molar-refractivity contribution is 6.30. The van der Waals surface area contributed by atoms with E-state index in [-0.39, 0.29) is 12.6 Å². The summed E-state index contributed by atoms with van der Waals surface area (Å²) in [7, 11) is 0. The average Bonchev–Trinajstić information content (AvgIpc) is 2.46. The number of aliphatic hydroxyl groups excluding tert-OH is 1. The fraction of sp³-hybridized carbons (Fsp3) is 0.294. The lowest BCUT2D eigenvalue weighted by molar-refractivity contribution is 0.240. The summed E-state index contributed by atoms with van der Waals surface area (Å²) in [5.74, 6) is 0. The second kappa shape index (κ2) is 7.44. The number of aliphatic hydroxyl groups is 1. The molecule has 0 spiro atoms. The van der Waals surface area contributed by atoms with Crippen molar-refractivity contribution in [1.82, 2.24) is 5.32 Å². The molecular formula is C17H20ClNO. The molecule has 0 saturated heterocycles. The van der Waals surface area contributed by atoms with Gasteiger partial charge in [-0.15, -0.1) is 0 Å². The molecule has 2 rings (SSSR count). The first kappa shape index (κ1) is 15.0. The van der Waals surface area contributed by atoms with E-state index in [4.69, 9.17) is 11.6 Å². The van der Waals surface area contributed by atoms with Gasteiger partial charge in [0.05, 0.1) is 6.61 Å². The van der Waals surface area contributed by atoms with Gasteiger partial charge in [-0.05, 0) is 42.2 Å². The lowest BCUT2D eigenvalue weighted by Gasteiger charge is -2.17. The van der Waals surface area contributed by atoms with Crippen LogP contribution in [0.3, 0.4) is 0 Å². The molecule has 2 aromatic carbocycles. The molecule has 2 N–H and O–H groups in total. The molecule has 0 aliphatic heterocycles. The fourth-order valence-corrected chi connectivity index (χ4v) is 2.44. The number of benzene rings is 2. The van der Waals surface area contributed by atoms with Crippen molar-refractivity contribution >= 4 is 11.6 Å². The third-order valence-electron chi connectivity index (χ3n) is 3.43. The second-order valence-corrected chi connectivity index (χ2v) is 5.46. The van der Waals surface area contributed by atoms with Crippen LogP contribution in [0.5, 0.6) is 0 Å². The van der Waals surface area contributed by atoms with E-state index in [9.17, 15) is 5.11 Å². The Bertz CT molecular complexity index is 542. The van der Waals surface area contributed by atoms with Crippen molar-refractivity contribution in [3.8, 4) is 0 Å². The summed E-state index contributed by atoms with van der Waals surface area (Å²) < 4.78 is 0. The van der Waals surface area contributed by atoms with Crippen LogP contribution in [-0.4, -0.2) is 17.8 Å². The molecule has 0 heterocycles. The van der Waals surface area contributed by atoms with Crippen molar-refractivity contribution in [2.75, 3.05) is 6.61 Å². The molecule has 0 aliphatic carbocycles. The molecule has 2 aromatic rings. The molecule has 0 amide bonds. The molecular weight excluding hydrogens is 270 g/mol. The van der Waals surface area contributed by atoms with Crippen molar-refractivity contribution in [3.05, 3.63) is 70.2 Å². The molecule has 0 fully saturated rings. The zero-order valence-corrected chi connectivity index (χ0v) is 12.4. The van der Waals surface area contributed by atoms with Crippen LogP contribution in [0, 0.1) is 6.92 Å². The topological polar surface area (TPSA) is 32.3 Å². The first-order valence-electron chi connectivity index (χ1n) is 6.82. The van der Waals surface area contributed by atoms with Gasteiger partial charge < -0.3 is 10.4 Å². The van der Waals surface area contributed by atoms with Crippen LogP contribution in [0.1, 0.15) is 16.7 Å². The van der Waals surface area contributed by atoms with E-state index < -0.39 is 0 Å². The Morgan fingerprint density at radius 1 is 1.15 bits per heavy atom. The van der Waals surface area contributed by atoms with Crippen LogP contribution in [0.4, 0.5) is 0 Å². The van der Waals surface area contributed by atoms with E-state index in [1.165, 1.54) is 16.7 Å². The summed E-state index contributed by atoms with van der Waals surface area (Å²) >= 11 is 5.95. The smallest absolute Gasteiger partial charge is 0.0587 e. The summed E-state index contributed by atoms with van der Waals surface area (Å²) in [5, 5.41) is 13.7. The number of nitrogens with one attached hydrogen (secondary N) is 1. The van der Waals surface area contributed by atoms with E-state index in [0.717, 1.165) is 18.0 Å². The van der Waals surface area contributed by atoms with E-state index in [2.05, 4.69) is 17.4 Å². The van der Waals surface area contributed by atoms with E-state index in [0.29, 0.717) is 0 Å². The Balaban J connectivity index is 1.93. The van der Waals surface area contributed by atoms with Gasteiger partial charge in [0.2, 0.25) is 0 Å².